The molecule has 1 aromatic carbocycles. The average molecular weight is 354 g/mol. The predicted molar refractivity (Wildman–Crippen MR) is 82.3 cm³/mol. The zero-order valence-corrected chi connectivity index (χ0v) is 14.1. The minimum absolute atomic E-state index is 0.00236. The zero-order chi connectivity index (χ0) is 16.0. The quantitative estimate of drug-likeness (QED) is 0.604. The van der Waals surface area contributed by atoms with Gasteiger partial charge in [0, 0.05) is 5.02 Å². The fraction of sp³-hybridized carbons (Fsp3) is 0.462. The van der Waals surface area contributed by atoms with Crippen LogP contribution in [-0.2, 0) is 19.6 Å². The highest BCUT2D eigenvalue weighted by Gasteiger charge is 2.20. The summed E-state index contributed by atoms with van der Waals surface area (Å²) in [5, 5.41) is 0.371. The van der Waals surface area contributed by atoms with Gasteiger partial charge in [-0.05, 0) is 31.0 Å². The van der Waals surface area contributed by atoms with Crippen molar-refractivity contribution in [3.63, 3.8) is 0 Å². The fourth-order valence-electron chi connectivity index (χ4n) is 1.45. The molecule has 0 amide bonds. The summed E-state index contributed by atoms with van der Waals surface area (Å²) in [5.41, 5.74) is 0.576. The monoisotopic (exact) mass is 353 g/mol. The third-order valence-electron chi connectivity index (χ3n) is 2.67. The van der Waals surface area contributed by atoms with E-state index in [0.29, 0.717) is 10.6 Å². The van der Waals surface area contributed by atoms with Crippen LogP contribution in [0.3, 0.4) is 0 Å². The molecule has 0 radical (unpaired) electrons. The first-order valence-corrected chi connectivity index (χ1v) is 8.62. The van der Waals surface area contributed by atoms with Crippen molar-refractivity contribution in [3.05, 3.63) is 27.7 Å². The molecule has 1 aromatic rings. The van der Waals surface area contributed by atoms with E-state index in [1.807, 2.05) is 6.92 Å². The molecule has 0 aliphatic heterocycles. The van der Waals surface area contributed by atoms with Crippen molar-refractivity contribution in [1.82, 2.24) is 4.72 Å². The molecule has 0 fully saturated rings. The van der Waals surface area contributed by atoms with E-state index in [0.717, 1.165) is 12.8 Å². The van der Waals surface area contributed by atoms with Crippen molar-refractivity contribution in [1.29, 1.82) is 0 Å². The number of carbonyl (C=O) groups excluding carboxylic acids is 1. The zero-order valence-electron chi connectivity index (χ0n) is 11.8. The molecule has 0 aromatic heterocycles. The Morgan fingerprint density at radius 3 is 2.57 bits per heavy atom. The SMILES string of the molecule is CCCCOC(=O)CNS(=O)(=O)c1cc(C)c(Cl)cc1Cl. The van der Waals surface area contributed by atoms with Gasteiger partial charge in [0.05, 0.1) is 11.6 Å². The van der Waals surface area contributed by atoms with Crippen LogP contribution in [0.25, 0.3) is 0 Å². The largest absolute Gasteiger partial charge is 0.465 e. The second kappa shape index (κ2) is 7.98. The van der Waals surface area contributed by atoms with Crippen molar-refractivity contribution in [3.8, 4) is 0 Å². The lowest BCUT2D eigenvalue weighted by Crippen LogP contribution is -2.31. The Morgan fingerprint density at radius 1 is 1.29 bits per heavy atom. The van der Waals surface area contributed by atoms with E-state index in [-0.39, 0.29) is 16.5 Å². The minimum Gasteiger partial charge on any atom is -0.465 e. The first-order chi connectivity index (χ1) is 9.77. The maximum atomic E-state index is 12.1. The van der Waals surface area contributed by atoms with Gasteiger partial charge in [0.15, 0.2) is 0 Å². The van der Waals surface area contributed by atoms with Gasteiger partial charge in [0.1, 0.15) is 11.4 Å². The van der Waals surface area contributed by atoms with E-state index in [1.54, 1.807) is 6.92 Å². The lowest BCUT2D eigenvalue weighted by atomic mass is 10.2. The standard InChI is InChI=1S/C13H17Cl2NO4S/c1-3-4-5-20-13(17)8-16-21(18,19)12-6-9(2)10(14)7-11(12)15/h6-7,16H,3-5,8H2,1-2H3. The number of esters is 1. The number of aryl methyl sites for hydroxylation is 1. The van der Waals surface area contributed by atoms with Gasteiger partial charge in [-0.1, -0.05) is 36.5 Å². The third kappa shape index (κ3) is 5.47. The van der Waals surface area contributed by atoms with Crippen LogP contribution in [0.1, 0.15) is 25.3 Å². The second-order valence-electron chi connectivity index (χ2n) is 4.43. The number of benzene rings is 1. The van der Waals surface area contributed by atoms with Gasteiger partial charge in [0.25, 0.3) is 0 Å². The summed E-state index contributed by atoms with van der Waals surface area (Å²) in [6.07, 6.45) is 1.62. The summed E-state index contributed by atoms with van der Waals surface area (Å²) in [4.78, 5) is 11.3. The number of hydrogen-bond donors (Lipinski definition) is 1. The Hall–Kier alpha value is -0.820. The number of nitrogens with one attached hydrogen (secondary N) is 1. The minimum atomic E-state index is -3.90. The van der Waals surface area contributed by atoms with Crippen molar-refractivity contribution in [2.24, 2.45) is 0 Å². The molecular formula is C13H17Cl2NO4S. The van der Waals surface area contributed by atoms with Crippen molar-refractivity contribution in [2.75, 3.05) is 13.2 Å². The van der Waals surface area contributed by atoms with Gasteiger partial charge < -0.3 is 4.74 Å². The summed E-state index contributed by atoms with van der Waals surface area (Å²) >= 11 is 11.7. The molecule has 0 saturated carbocycles. The molecule has 0 unspecified atom stereocenters. The number of carbonyl (C=O) groups is 1. The average Bonchev–Trinajstić information content (AvgIpc) is 2.41. The van der Waals surface area contributed by atoms with Crippen molar-refractivity contribution < 1.29 is 17.9 Å². The van der Waals surface area contributed by atoms with Gasteiger partial charge >= 0.3 is 5.97 Å². The van der Waals surface area contributed by atoms with Gasteiger partial charge in [-0.15, -0.1) is 0 Å². The van der Waals surface area contributed by atoms with E-state index in [4.69, 9.17) is 27.9 Å². The Labute approximate surface area is 134 Å². The fourth-order valence-corrected chi connectivity index (χ4v) is 3.25. The highest BCUT2D eigenvalue weighted by atomic mass is 35.5. The van der Waals surface area contributed by atoms with Crippen LogP contribution in [0.2, 0.25) is 10.0 Å². The summed E-state index contributed by atoms with van der Waals surface area (Å²) in [5.74, 6) is -0.631. The molecule has 1 N–H and O–H groups in total. The Balaban J connectivity index is 2.74. The van der Waals surface area contributed by atoms with Crippen LogP contribution in [0.4, 0.5) is 0 Å². The molecule has 118 valence electrons. The van der Waals surface area contributed by atoms with E-state index in [2.05, 4.69) is 4.72 Å². The molecule has 0 atom stereocenters. The summed E-state index contributed by atoms with van der Waals surface area (Å²) in [6.45, 7) is 3.46. The molecule has 8 heteroatoms. The van der Waals surface area contributed by atoms with E-state index >= 15 is 0 Å². The van der Waals surface area contributed by atoms with Gasteiger partial charge in [-0.25, -0.2) is 8.42 Å². The van der Waals surface area contributed by atoms with Crippen LogP contribution in [0, 0.1) is 6.92 Å². The Morgan fingerprint density at radius 2 is 1.95 bits per heavy atom. The summed E-state index contributed by atoms with van der Waals surface area (Å²) < 4.78 is 31.2. The lowest BCUT2D eigenvalue weighted by Gasteiger charge is -2.10. The highest BCUT2D eigenvalue weighted by molar-refractivity contribution is 7.89. The number of halogens is 2. The molecular weight excluding hydrogens is 337 g/mol. The normalized spacial score (nSPS) is 11.4. The van der Waals surface area contributed by atoms with Crippen LogP contribution < -0.4 is 4.72 Å². The molecule has 0 aliphatic carbocycles. The summed E-state index contributed by atoms with van der Waals surface area (Å²) in [6, 6.07) is 2.71. The smallest absolute Gasteiger partial charge is 0.321 e. The molecule has 0 saturated heterocycles. The molecule has 0 aliphatic rings. The van der Waals surface area contributed by atoms with Crippen LogP contribution in [0.5, 0.6) is 0 Å². The van der Waals surface area contributed by atoms with Gasteiger partial charge in [-0.2, -0.15) is 4.72 Å². The highest BCUT2D eigenvalue weighted by Crippen LogP contribution is 2.27. The number of unbranched alkanes of at least 4 members (excludes halogenated alkanes) is 1. The molecule has 1 rings (SSSR count). The summed E-state index contributed by atoms with van der Waals surface area (Å²) in [7, 11) is -3.90. The number of hydrogen-bond acceptors (Lipinski definition) is 4. The maximum Gasteiger partial charge on any atom is 0.321 e. The van der Waals surface area contributed by atoms with Gasteiger partial charge in [-0.3, -0.25) is 4.79 Å². The number of rotatable bonds is 7. The Kier molecular flexibility index (Phi) is 6.93. The van der Waals surface area contributed by atoms with E-state index in [9.17, 15) is 13.2 Å². The molecule has 0 spiro atoms. The number of ether oxygens (including phenoxy) is 1. The maximum absolute atomic E-state index is 12.1. The third-order valence-corrected chi connectivity index (χ3v) is 4.94. The number of sulfonamides is 1. The predicted octanol–water partition coefficient (Wildman–Crippen LogP) is 2.92. The topological polar surface area (TPSA) is 72.5 Å². The van der Waals surface area contributed by atoms with Crippen LogP contribution in [-0.4, -0.2) is 27.5 Å². The lowest BCUT2D eigenvalue weighted by molar-refractivity contribution is -0.142. The van der Waals surface area contributed by atoms with Crippen molar-refractivity contribution >= 4 is 39.2 Å². The molecule has 5 nitrogen and oxygen atoms in total. The van der Waals surface area contributed by atoms with Gasteiger partial charge in [0.2, 0.25) is 10.0 Å². The van der Waals surface area contributed by atoms with E-state index < -0.39 is 22.5 Å². The van der Waals surface area contributed by atoms with Crippen LogP contribution in [0.15, 0.2) is 17.0 Å². The van der Waals surface area contributed by atoms with Crippen LogP contribution >= 0.6 is 23.2 Å². The molecule has 0 bridgehead atoms. The second-order valence-corrected chi connectivity index (χ2v) is 6.98. The first-order valence-electron chi connectivity index (χ1n) is 6.39. The first kappa shape index (κ1) is 18.2. The Bertz CT molecular complexity index is 617. The molecule has 21 heavy (non-hydrogen) atoms. The van der Waals surface area contributed by atoms with E-state index in [1.165, 1.54) is 12.1 Å². The molecule has 0 heterocycles. The van der Waals surface area contributed by atoms with Crippen molar-refractivity contribution in [2.45, 2.75) is 31.6 Å².